The van der Waals surface area contributed by atoms with Gasteiger partial charge in [-0.25, -0.2) is 0 Å². The SMILES string of the molecule is Cc1ccc2c(oc3c4ccccc4c4ccccc4c23)c1C(C)C. The molecular weight excluding hydrogens is 304 g/mol. The Hall–Kier alpha value is -2.80. The Bertz CT molecular complexity index is 1270. The van der Waals surface area contributed by atoms with E-state index in [0.717, 1.165) is 11.2 Å². The summed E-state index contributed by atoms with van der Waals surface area (Å²) in [7, 11) is 0. The predicted molar refractivity (Wildman–Crippen MR) is 108 cm³/mol. The minimum atomic E-state index is 0.432. The van der Waals surface area contributed by atoms with Gasteiger partial charge in [-0.15, -0.1) is 0 Å². The standard InChI is InChI=1S/C24H20O/c1-14(2)21-15(3)12-13-20-22-18-10-6-4-8-16(18)17-9-5-7-11-19(17)23(22)25-24(20)21/h4-14H,1-3H3. The molecule has 4 aromatic carbocycles. The van der Waals surface area contributed by atoms with Gasteiger partial charge in [-0.1, -0.05) is 74.5 Å². The first kappa shape index (κ1) is 14.5. The lowest BCUT2D eigenvalue weighted by molar-refractivity contribution is 0.659. The fraction of sp³-hybridized carbons (Fsp3) is 0.167. The summed E-state index contributed by atoms with van der Waals surface area (Å²) in [5.74, 6) is 0.432. The molecule has 1 aromatic heterocycles. The first-order valence-corrected chi connectivity index (χ1v) is 8.92. The van der Waals surface area contributed by atoms with Crippen LogP contribution in [0.15, 0.2) is 65.1 Å². The Morgan fingerprint density at radius 2 is 1.24 bits per heavy atom. The second kappa shape index (κ2) is 5.10. The fourth-order valence-electron chi connectivity index (χ4n) is 4.31. The average Bonchev–Trinajstić information content (AvgIpc) is 3.01. The summed E-state index contributed by atoms with van der Waals surface area (Å²) in [5, 5.41) is 7.48. The Morgan fingerprint density at radius 3 is 1.92 bits per heavy atom. The van der Waals surface area contributed by atoms with Gasteiger partial charge in [0.25, 0.3) is 0 Å². The number of rotatable bonds is 1. The maximum atomic E-state index is 6.55. The van der Waals surface area contributed by atoms with Crippen LogP contribution in [-0.4, -0.2) is 0 Å². The Balaban J connectivity index is 2.15. The lowest BCUT2D eigenvalue weighted by Crippen LogP contribution is -1.92. The number of hydrogen-bond donors (Lipinski definition) is 0. The van der Waals surface area contributed by atoms with Crippen LogP contribution in [0.1, 0.15) is 30.9 Å². The predicted octanol–water partition coefficient (Wildman–Crippen LogP) is 7.32. The summed E-state index contributed by atoms with van der Waals surface area (Å²) in [6, 6.07) is 21.7. The summed E-state index contributed by atoms with van der Waals surface area (Å²) in [6.07, 6.45) is 0. The normalized spacial score (nSPS) is 12.2. The van der Waals surface area contributed by atoms with Crippen molar-refractivity contribution in [3.05, 3.63) is 71.8 Å². The van der Waals surface area contributed by atoms with Gasteiger partial charge in [0, 0.05) is 21.7 Å². The van der Waals surface area contributed by atoms with Crippen LogP contribution in [0, 0.1) is 6.92 Å². The van der Waals surface area contributed by atoms with Crippen LogP contribution in [0.25, 0.3) is 43.5 Å². The second-order valence-electron chi connectivity index (χ2n) is 7.22. The molecule has 1 nitrogen and oxygen atoms in total. The Labute approximate surface area is 146 Å². The summed E-state index contributed by atoms with van der Waals surface area (Å²) in [5.41, 5.74) is 4.68. The van der Waals surface area contributed by atoms with Crippen molar-refractivity contribution in [3.8, 4) is 0 Å². The molecule has 0 saturated heterocycles. The van der Waals surface area contributed by atoms with Crippen LogP contribution in [0.2, 0.25) is 0 Å². The highest BCUT2D eigenvalue weighted by atomic mass is 16.3. The highest BCUT2D eigenvalue weighted by molar-refractivity contribution is 6.30. The smallest absolute Gasteiger partial charge is 0.143 e. The van der Waals surface area contributed by atoms with E-state index in [4.69, 9.17) is 4.42 Å². The van der Waals surface area contributed by atoms with Gasteiger partial charge in [0.15, 0.2) is 0 Å². The van der Waals surface area contributed by atoms with E-state index in [1.54, 1.807) is 0 Å². The van der Waals surface area contributed by atoms with Gasteiger partial charge in [0.05, 0.1) is 0 Å². The Kier molecular flexibility index (Phi) is 2.96. The molecule has 0 spiro atoms. The van der Waals surface area contributed by atoms with Crippen LogP contribution in [0.3, 0.4) is 0 Å². The van der Waals surface area contributed by atoms with E-state index in [9.17, 15) is 0 Å². The lowest BCUT2D eigenvalue weighted by Gasteiger charge is -2.09. The molecule has 0 radical (unpaired) electrons. The van der Waals surface area contributed by atoms with Crippen LogP contribution in [0.4, 0.5) is 0 Å². The number of aryl methyl sites for hydroxylation is 1. The molecule has 1 heterocycles. The highest BCUT2D eigenvalue weighted by Gasteiger charge is 2.19. The van der Waals surface area contributed by atoms with E-state index in [2.05, 4.69) is 81.4 Å². The molecule has 0 saturated carbocycles. The van der Waals surface area contributed by atoms with Gasteiger partial charge in [-0.2, -0.15) is 0 Å². The lowest BCUT2D eigenvalue weighted by atomic mass is 9.93. The molecule has 5 rings (SSSR count). The molecule has 0 aliphatic rings. The van der Waals surface area contributed by atoms with Gasteiger partial charge in [-0.3, -0.25) is 0 Å². The molecule has 0 bridgehead atoms. The number of hydrogen-bond acceptors (Lipinski definition) is 1. The minimum Gasteiger partial charge on any atom is -0.455 e. The molecule has 122 valence electrons. The van der Waals surface area contributed by atoms with E-state index in [-0.39, 0.29) is 0 Å². The van der Waals surface area contributed by atoms with Gasteiger partial charge < -0.3 is 4.42 Å². The van der Waals surface area contributed by atoms with E-state index < -0.39 is 0 Å². The summed E-state index contributed by atoms with van der Waals surface area (Å²) >= 11 is 0. The van der Waals surface area contributed by atoms with Crippen molar-refractivity contribution < 1.29 is 4.42 Å². The molecule has 0 N–H and O–H groups in total. The molecule has 25 heavy (non-hydrogen) atoms. The summed E-state index contributed by atoms with van der Waals surface area (Å²) in [6.45, 7) is 6.66. The van der Waals surface area contributed by atoms with Crippen molar-refractivity contribution in [2.24, 2.45) is 0 Å². The zero-order chi connectivity index (χ0) is 17.1. The van der Waals surface area contributed by atoms with Crippen molar-refractivity contribution in [1.82, 2.24) is 0 Å². The Morgan fingerprint density at radius 1 is 0.640 bits per heavy atom. The van der Waals surface area contributed by atoms with Gasteiger partial charge >= 0.3 is 0 Å². The van der Waals surface area contributed by atoms with Crippen molar-refractivity contribution >= 4 is 43.5 Å². The molecule has 5 aromatic rings. The summed E-state index contributed by atoms with van der Waals surface area (Å²) < 4.78 is 6.55. The third kappa shape index (κ3) is 1.90. The number of furan rings is 1. The van der Waals surface area contributed by atoms with Crippen LogP contribution >= 0.6 is 0 Å². The molecule has 0 amide bonds. The van der Waals surface area contributed by atoms with Gasteiger partial charge in [-0.05, 0) is 34.6 Å². The molecule has 0 atom stereocenters. The molecule has 0 aliphatic carbocycles. The van der Waals surface area contributed by atoms with E-state index in [0.29, 0.717) is 5.92 Å². The first-order chi connectivity index (χ1) is 12.2. The van der Waals surface area contributed by atoms with Crippen molar-refractivity contribution in [3.63, 3.8) is 0 Å². The zero-order valence-corrected chi connectivity index (χ0v) is 14.8. The van der Waals surface area contributed by atoms with E-state index in [1.807, 2.05) is 0 Å². The minimum absolute atomic E-state index is 0.432. The molecule has 0 unspecified atom stereocenters. The molecule has 0 aliphatic heterocycles. The average molecular weight is 324 g/mol. The number of benzene rings is 4. The van der Waals surface area contributed by atoms with Gasteiger partial charge in [0.1, 0.15) is 11.2 Å². The highest BCUT2D eigenvalue weighted by Crippen LogP contribution is 2.43. The van der Waals surface area contributed by atoms with Crippen LogP contribution in [-0.2, 0) is 0 Å². The van der Waals surface area contributed by atoms with Crippen LogP contribution in [0.5, 0.6) is 0 Å². The van der Waals surface area contributed by atoms with Crippen molar-refractivity contribution in [2.75, 3.05) is 0 Å². The second-order valence-corrected chi connectivity index (χ2v) is 7.22. The maximum Gasteiger partial charge on any atom is 0.143 e. The van der Waals surface area contributed by atoms with Crippen LogP contribution < -0.4 is 0 Å². The third-order valence-electron chi connectivity index (χ3n) is 5.35. The quantitative estimate of drug-likeness (QED) is 0.294. The number of fused-ring (bicyclic) bond motifs is 8. The van der Waals surface area contributed by atoms with E-state index >= 15 is 0 Å². The maximum absolute atomic E-state index is 6.55. The first-order valence-electron chi connectivity index (χ1n) is 8.92. The fourth-order valence-corrected chi connectivity index (χ4v) is 4.31. The van der Waals surface area contributed by atoms with Gasteiger partial charge in [0.2, 0.25) is 0 Å². The third-order valence-corrected chi connectivity index (χ3v) is 5.35. The molecule has 1 heteroatoms. The largest absolute Gasteiger partial charge is 0.455 e. The molecule has 0 fully saturated rings. The summed E-state index contributed by atoms with van der Waals surface area (Å²) in [4.78, 5) is 0. The van der Waals surface area contributed by atoms with Crippen molar-refractivity contribution in [1.29, 1.82) is 0 Å². The topological polar surface area (TPSA) is 13.1 Å². The van der Waals surface area contributed by atoms with E-state index in [1.165, 1.54) is 43.4 Å². The molecular formula is C24H20O. The van der Waals surface area contributed by atoms with Crippen molar-refractivity contribution in [2.45, 2.75) is 26.7 Å². The monoisotopic (exact) mass is 324 g/mol. The zero-order valence-electron chi connectivity index (χ0n) is 14.8.